The monoisotopic (exact) mass is 274 g/mol. The summed E-state index contributed by atoms with van der Waals surface area (Å²) in [5.74, 6) is 0.393. The van der Waals surface area contributed by atoms with Gasteiger partial charge in [0.15, 0.2) is 12.4 Å². The minimum atomic E-state index is -0.396. The molecule has 1 aromatic carbocycles. The SMILES string of the molecule is CCOC(=O)COc1ccccc1/C=C1\CCCC1=O. The molecule has 0 saturated heterocycles. The Kier molecular flexibility index (Phi) is 4.93. The van der Waals surface area contributed by atoms with E-state index in [0.717, 1.165) is 24.0 Å². The molecule has 0 amide bonds. The predicted octanol–water partition coefficient (Wildman–Crippen LogP) is 2.76. The molecule has 0 spiro atoms. The zero-order chi connectivity index (χ0) is 14.4. The number of rotatable bonds is 5. The quantitative estimate of drug-likeness (QED) is 0.612. The summed E-state index contributed by atoms with van der Waals surface area (Å²) >= 11 is 0. The van der Waals surface area contributed by atoms with E-state index in [1.54, 1.807) is 13.0 Å². The maximum atomic E-state index is 11.7. The van der Waals surface area contributed by atoms with E-state index in [9.17, 15) is 9.59 Å². The lowest BCUT2D eigenvalue weighted by Crippen LogP contribution is -2.14. The molecule has 106 valence electrons. The number of Topliss-reactive ketones (excluding diaryl/α,β-unsaturated/α-hetero) is 1. The fourth-order valence-electron chi connectivity index (χ4n) is 2.15. The van der Waals surface area contributed by atoms with Gasteiger partial charge in [-0.1, -0.05) is 18.2 Å². The van der Waals surface area contributed by atoms with Gasteiger partial charge in [-0.25, -0.2) is 4.79 Å². The van der Waals surface area contributed by atoms with Gasteiger partial charge in [-0.3, -0.25) is 4.79 Å². The van der Waals surface area contributed by atoms with Gasteiger partial charge in [0.1, 0.15) is 5.75 Å². The molecule has 1 aliphatic carbocycles. The van der Waals surface area contributed by atoms with E-state index in [-0.39, 0.29) is 12.4 Å². The summed E-state index contributed by atoms with van der Waals surface area (Å²) in [5, 5.41) is 0. The molecule has 0 heterocycles. The Labute approximate surface area is 118 Å². The van der Waals surface area contributed by atoms with Crippen LogP contribution in [0.2, 0.25) is 0 Å². The summed E-state index contributed by atoms with van der Waals surface area (Å²) in [4.78, 5) is 23.0. The summed E-state index contributed by atoms with van der Waals surface area (Å²) < 4.78 is 10.3. The molecule has 0 aromatic heterocycles. The number of benzene rings is 1. The highest BCUT2D eigenvalue weighted by Crippen LogP contribution is 2.27. The molecule has 2 rings (SSSR count). The number of hydrogen-bond acceptors (Lipinski definition) is 4. The standard InChI is InChI=1S/C16H18O4/c1-2-19-16(18)11-20-15-9-4-3-6-13(15)10-12-7-5-8-14(12)17/h3-4,6,9-10H,2,5,7-8,11H2,1H3/b12-10+. The Morgan fingerprint density at radius 3 is 2.80 bits per heavy atom. The van der Waals surface area contributed by atoms with Crippen LogP contribution < -0.4 is 4.74 Å². The van der Waals surface area contributed by atoms with Crippen molar-refractivity contribution < 1.29 is 19.1 Å². The number of allylic oxidation sites excluding steroid dienone is 1. The second-order valence-corrected chi connectivity index (χ2v) is 4.58. The van der Waals surface area contributed by atoms with Crippen LogP contribution in [0.4, 0.5) is 0 Å². The first-order valence-corrected chi connectivity index (χ1v) is 6.82. The molecule has 4 nitrogen and oxygen atoms in total. The first-order valence-electron chi connectivity index (χ1n) is 6.82. The number of carbonyl (C=O) groups excluding carboxylic acids is 2. The van der Waals surface area contributed by atoms with Gasteiger partial charge in [0.2, 0.25) is 0 Å². The van der Waals surface area contributed by atoms with Crippen LogP contribution in [-0.4, -0.2) is 25.0 Å². The molecule has 1 saturated carbocycles. The first kappa shape index (κ1) is 14.3. The normalized spacial score (nSPS) is 16.4. The third-order valence-electron chi connectivity index (χ3n) is 3.11. The summed E-state index contributed by atoms with van der Waals surface area (Å²) in [6, 6.07) is 7.37. The smallest absolute Gasteiger partial charge is 0.344 e. The van der Waals surface area contributed by atoms with E-state index in [2.05, 4.69) is 0 Å². The lowest BCUT2D eigenvalue weighted by atomic mass is 10.1. The van der Waals surface area contributed by atoms with Crippen molar-refractivity contribution in [2.24, 2.45) is 0 Å². The average Bonchev–Trinajstić information content (AvgIpc) is 2.84. The summed E-state index contributed by atoms with van der Waals surface area (Å²) in [6.07, 6.45) is 4.20. The molecule has 1 fully saturated rings. The van der Waals surface area contributed by atoms with Crippen LogP contribution in [0.1, 0.15) is 31.7 Å². The van der Waals surface area contributed by atoms with Gasteiger partial charge in [0.25, 0.3) is 0 Å². The second kappa shape index (κ2) is 6.89. The first-order chi connectivity index (χ1) is 9.70. The fourth-order valence-corrected chi connectivity index (χ4v) is 2.15. The van der Waals surface area contributed by atoms with Gasteiger partial charge in [-0.15, -0.1) is 0 Å². The molecule has 1 aromatic rings. The lowest BCUT2D eigenvalue weighted by Gasteiger charge is -2.09. The van der Waals surface area contributed by atoms with Gasteiger partial charge >= 0.3 is 5.97 Å². The van der Waals surface area contributed by atoms with Crippen LogP contribution >= 0.6 is 0 Å². The number of hydrogen-bond donors (Lipinski definition) is 0. The maximum absolute atomic E-state index is 11.7. The van der Waals surface area contributed by atoms with Crippen LogP contribution in [0.25, 0.3) is 6.08 Å². The fraction of sp³-hybridized carbons (Fsp3) is 0.375. The van der Waals surface area contributed by atoms with Gasteiger partial charge in [-0.05, 0) is 37.5 Å². The highest BCUT2D eigenvalue weighted by molar-refractivity contribution is 6.01. The van der Waals surface area contributed by atoms with Crippen molar-refractivity contribution in [3.05, 3.63) is 35.4 Å². The molecule has 20 heavy (non-hydrogen) atoms. The lowest BCUT2D eigenvalue weighted by molar-refractivity contribution is -0.145. The van der Waals surface area contributed by atoms with E-state index in [4.69, 9.17) is 9.47 Å². The van der Waals surface area contributed by atoms with Crippen molar-refractivity contribution in [3.63, 3.8) is 0 Å². The Balaban J connectivity index is 2.10. The highest BCUT2D eigenvalue weighted by Gasteiger charge is 2.17. The minimum Gasteiger partial charge on any atom is -0.481 e. The Morgan fingerprint density at radius 2 is 2.10 bits per heavy atom. The summed E-state index contributed by atoms with van der Waals surface area (Å²) in [6.45, 7) is 1.96. The van der Waals surface area contributed by atoms with Gasteiger partial charge in [0.05, 0.1) is 6.61 Å². The Morgan fingerprint density at radius 1 is 1.30 bits per heavy atom. The van der Waals surface area contributed by atoms with Crippen LogP contribution in [0.3, 0.4) is 0 Å². The molecule has 0 unspecified atom stereocenters. The topological polar surface area (TPSA) is 52.6 Å². The van der Waals surface area contributed by atoms with Crippen LogP contribution in [0, 0.1) is 0 Å². The van der Waals surface area contributed by atoms with Gasteiger partial charge < -0.3 is 9.47 Å². The zero-order valence-electron chi connectivity index (χ0n) is 11.6. The number of ketones is 1. The van der Waals surface area contributed by atoms with Gasteiger partial charge in [-0.2, -0.15) is 0 Å². The number of ether oxygens (including phenoxy) is 2. The van der Waals surface area contributed by atoms with E-state index >= 15 is 0 Å². The van der Waals surface area contributed by atoms with Gasteiger partial charge in [0, 0.05) is 12.0 Å². The average molecular weight is 274 g/mol. The molecular formula is C16H18O4. The van der Waals surface area contributed by atoms with Crippen molar-refractivity contribution in [2.45, 2.75) is 26.2 Å². The molecule has 4 heteroatoms. The number of carbonyl (C=O) groups is 2. The van der Waals surface area contributed by atoms with E-state index < -0.39 is 5.97 Å². The van der Waals surface area contributed by atoms with E-state index in [0.29, 0.717) is 18.8 Å². The van der Waals surface area contributed by atoms with Crippen molar-refractivity contribution in [2.75, 3.05) is 13.2 Å². The van der Waals surface area contributed by atoms with Crippen molar-refractivity contribution in [3.8, 4) is 5.75 Å². The highest BCUT2D eigenvalue weighted by atomic mass is 16.6. The Hall–Kier alpha value is -2.10. The molecule has 0 bridgehead atoms. The van der Waals surface area contributed by atoms with Crippen molar-refractivity contribution >= 4 is 17.8 Å². The van der Waals surface area contributed by atoms with E-state index in [1.165, 1.54) is 0 Å². The summed E-state index contributed by atoms with van der Waals surface area (Å²) in [5.41, 5.74) is 1.65. The third kappa shape index (κ3) is 3.70. The second-order valence-electron chi connectivity index (χ2n) is 4.58. The van der Waals surface area contributed by atoms with Crippen LogP contribution in [0.5, 0.6) is 5.75 Å². The van der Waals surface area contributed by atoms with Crippen molar-refractivity contribution in [1.29, 1.82) is 0 Å². The van der Waals surface area contributed by atoms with Crippen LogP contribution in [0.15, 0.2) is 29.8 Å². The predicted molar refractivity (Wildman–Crippen MR) is 75.4 cm³/mol. The molecule has 0 radical (unpaired) electrons. The summed E-state index contributed by atoms with van der Waals surface area (Å²) in [7, 11) is 0. The van der Waals surface area contributed by atoms with E-state index in [1.807, 2.05) is 24.3 Å². The Bertz CT molecular complexity index is 531. The molecule has 0 N–H and O–H groups in total. The number of esters is 1. The minimum absolute atomic E-state index is 0.123. The molecule has 0 atom stereocenters. The van der Waals surface area contributed by atoms with Crippen LogP contribution in [-0.2, 0) is 14.3 Å². The van der Waals surface area contributed by atoms with Crippen molar-refractivity contribution in [1.82, 2.24) is 0 Å². The maximum Gasteiger partial charge on any atom is 0.344 e. The number of para-hydroxylation sites is 1. The zero-order valence-corrected chi connectivity index (χ0v) is 11.6. The third-order valence-corrected chi connectivity index (χ3v) is 3.11. The molecular weight excluding hydrogens is 256 g/mol. The molecule has 1 aliphatic rings. The molecule has 0 aliphatic heterocycles. The largest absolute Gasteiger partial charge is 0.481 e.